The first-order valence-corrected chi connectivity index (χ1v) is 5.28. The van der Waals surface area contributed by atoms with Gasteiger partial charge in [0, 0.05) is 17.4 Å². The van der Waals surface area contributed by atoms with E-state index in [2.05, 4.69) is 11.8 Å². The molecule has 0 aromatic heterocycles. The molecule has 1 heteroatoms. The van der Waals surface area contributed by atoms with Crippen LogP contribution < -0.4 is 0 Å². The summed E-state index contributed by atoms with van der Waals surface area (Å²) >= 11 is 0. The zero-order chi connectivity index (χ0) is 10.7. The van der Waals surface area contributed by atoms with Gasteiger partial charge in [-0.25, -0.2) is 0 Å². The van der Waals surface area contributed by atoms with Crippen LogP contribution in [0.25, 0.3) is 0 Å². The van der Waals surface area contributed by atoms with Crippen molar-refractivity contribution in [1.29, 1.82) is 0 Å². The van der Waals surface area contributed by atoms with Crippen molar-refractivity contribution in [1.82, 2.24) is 0 Å². The summed E-state index contributed by atoms with van der Waals surface area (Å²) in [6, 6.07) is 9.90. The number of benzene rings is 1. The second kappa shape index (κ2) is 3.90. The minimum absolute atomic E-state index is 0.0816. The topological polar surface area (TPSA) is 17.1 Å². The highest BCUT2D eigenvalue weighted by Gasteiger charge is 2.46. The van der Waals surface area contributed by atoms with Gasteiger partial charge in [0.1, 0.15) is 5.78 Å². The Morgan fingerprint density at radius 1 is 1.33 bits per heavy atom. The summed E-state index contributed by atoms with van der Waals surface area (Å²) in [5.41, 5.74) is 0.943. The van der Waals surface area contributed by atoms with Crippen molar-refractivity contribution < 1.29 is 4.79 Å². The van der Waals surface area contributed by atoms with E-state index in [-0.39, 0.29) is 5.41 Å². The fourth-order valence-electron chi connectivity index (χ4n) is 1.64. The van der Waals surface area contributed by atoms with Gasteiger partial charge in [0.25, 0.3) is 0 Å². The fraction of sp³-hybridized carbons (Fsp3) is 0.357. The van der Waals surface area contributed by atoms with Gasteiger partial charge in [-0.2, -0.15) is 0 Å². The average molecular weight is 198 g/mol. The van der Waals surface area contributed by atoms with E-state index >= 15 is 0 Å². The van der Waals surface area contributed by atoms with Crippen molar-refractivity contribution in [3.05, 3.63) is 35.9 Å². The standard InChI is InChI=1S/C14H14O/c1-12(15)14(10-11-14)9-5-8-13-6-3-2-4-7-13/h2-4,6-7H,9-11H2,1H3. The van der Waals surface area contributed by atoms with Gasteiger partial charge in [-0.3, -0.25) is 4.79 Å². The predicted octanol–water partition coefficient (Wildman–Crippen LogP) is 2.80. The molecule has 0 aliphatic heterocycles. The molecule has 76 valence electrons. The van der Waals surface area contributed by atoms with E-state index in [1.807, 2.05) is 30.3 Å². The van der Waals surface area contributed by atoms with E-state index in [4.69, 9.17) is 0 Å². The third-order valence-corrected chi connectivity index (χ3v) is 3.03. The first-order chi connectivity index (χ1) is 7.23. The summed E-state index contributed by atoms with van der Waals surface area (Å²) in [6.45, 7) is 1.68. The van der Waals surface area contributed by atoms with Crippen LogP contribution in [0.15, 0.2) is 30.3 Å². The van der Waals surface area contributed by atoms with E-state index in [0.29, 0.717) is 5.78 Å². The Kier molecular flexibility index (Phi) is 2.60. The molecule has 15 heavy (non-hydrogen) atoms. The zero-order valence-corrected chi connectivity index (χ0v) is 8.92. The van der Waals surface area contributed by atoms with Gasteiger partial charge in [0.05, 0.1) is 0 Å². The van der Waals surface area contributed by atoms with Crippen LogP contribution in [-0.4, -0.2) is 5.78 Å². The molecule has 0 saturated heterocycles. The maximum atomic E-state index is 11.3. The second-order valence-electron chi connectivity index (χ2n) is 4.18. The van der Waals surface area contributed by atoms with Gasteiger partial charge in [0.2, 0.25) is 0 Å². The lowest BCUT2D eigenvalue weighted by molar-refractivity contribution is -0.121. The summed E-state index contributed by atoms with van der Waals surface area (Å²) in [4.78, 5) is 11.3. The molecular weight excluding hydrogens is 184 g/mol. The molecule has 0 atom stereocenters. The zero-order valence-electron chi connectivity index (χ0n) is 8.92. The van der Waals surface area contributed by atoms with Gasteiger partial charge in [-0.1, -0.05) is 30.0 Å². The van der Waals surface area contributed by atoms with Crippen LogP contribution in [0.1, 0.15) is 31.7 Å². The van der Waals surface area contributed by atoms with E-state index in [1.54, 1.807) is 6.92 Å². The number of Topliss-reactive ketones (excluding diaryl/α,β-unsaturated/α-hetero) is 1. The largest absolute Gasteiger partial charge is 0.299 e. The number of carbonyl (C=O) groups is 1. The molecule has 0 bridgehead atoms. The second-order valence-corrected chi connectivity index (χ2v) is 4.18. The Morgan fingerprint density at radius 3 is 2.53 bits per heavy atom. The SMILES string of the molecule is CC(=O)C1(CC#Cc2ccccc2)CC1. The molecule has 0 heterocycles. The average Bonchev–Trinajstić information content (AvgIpc) is 3.01. The van der Waals surface area contributed by atoms with Crippen LogP contribution in [0, 0.1) is 17.3 Å². The lowest BCUT2D eigenvalue weighted by Gasteiger charge is -2.04. The lowest BCUT2D eigenvalue weighted by Crippen LogP contribution is -2.10. The quantitative estimate of drug-likeness (QED) is 0.668. The molecule has 0 amide bonds. The molecule has 1 aliphatic carbocycles. The Bertz CT molecular complexity index is 416. The van der Waals surface area contributed by atoms with Crippen molar-refractivity contribution in [3.8, 4) is 11.8 Å². The Balaban J connectivity index is 2.00. The summed E-state index contributed by atoms with van der Waals surface area (Å²) in [6.07, 6.45) is 2.76. The van der Waals surface area contributed by atoms with Crippen LogP contribution in [0.5, 0.6) is 0 Å². The first kappa shape index (κ1) is 9.98. The molecule has 2 rings (SSSR count). The van der Waals surface area contributed by atoms with Crippen molar-refractivity contribution in [2.24, 2.45) is 5.41 Å². The van der Waals surface area contributed by atoms with Crippen molar-refractivity contribution in [2.75, 3.05) is 0 Å². The highest BCUT2D eigenvalue weighted by molar-refractivity contribution is 5.85. The number of rotatable bonds is 2. The normalized spacial score (nSPS) is 16.3. The highest BCUT2D eigenvalue weighted by Crippen LogP contribution is 2.49. The molecule has 0 N–H and O–H groups in total. The Hall–Kier alpha value is -1.55. The van der Waals surface area contributed by atoms with Crippen LogP contribution in [0.2, 0.25) is 0 Å². The molecular formula is C14H14O. The Labute approximate surface area is 90.5 Å². The first-order valence-electron chi connectivity index (χ1n) is 5.28. The molecule has 1 aliphatic rings. The van der Waals surface area contributed by atoms with Gasteiger partial charge in [0.15, 0.2) is 0 Å². The predicted molar refractivity (Wildman–Crippen MR) is 60.3 cm³/mol. The molecule has 1 aromatic rings. The molecule has 0 unspecified atom stereocenters. The molecule has 0 radical (unpaired) electrons. The van der Waals surface area contributed by atoms with E-state index in [9.17, 15) is 4.79 Å². The third kappa shape index (κ3) is 2.27. The van der Waals surface area contributed by atoms with E-state index in [1.165, 1.54) is 0 Å². The summed E-state index contributed by atoms with van der Waals surface area (Å²) in [5, 5.41) is 0. The van der Waals surface area contributed by atoms with Crippen molar-refractivity contribution >= 4 is 5.78 Å². The molecule has 1 fully saturated rings. The van der Waals surface area contributed by atoms with Crippen molar-refractivity contribution in [2.45, 2.75) is 26.2 Å². The van der Waals surface area contributed by atoms with Gasteiger partial charge < -0.3 is 0 Å². The van der Waals surface area contributed by atoms with Crippen LogP contribution >= 0.6 is 0 Å². The molecule has 1 aromatic carbocycles. The number of hydrogen-bond acceptors (Lipinski definition) is 1. The van der Waals surface area contributed by atoms with Crippen molar-refractivity contribution in [3.63, 3.8) is 0 Å². The lowest BCUT2D eigenvalue weighted by atomic mass is 9.98. The number of hydrogen-bond donors (Lipinski definition) is 0. The van der Waals surface area contributed by atoms with Crippen LogP contribution in [-0.2, 0) is 4.79 Å². The van der Waals surface area contributed by atoms with Gasteiger partial charge in [-0.15, -0.1) is 0 Å². The molecule has 0 spiro atoms. The fourth-order valence-corrected chi connectivity index (χ4v) is 1.64. The van der Waals surface area contributed by atoms with Crippen LogP contribution in [0.4, 0.5) is 0 Å². The summed E-state index contributed by atoms with van der Waals surface area (Å²) in [5.74, 6) is 6.50. The van der Waals surface area contributed by atoms with Gasteiger partial charge >= 0.3 is 0 Å². The maximum Gasteiger partial charge on any atom is 0.136 e. The minimum atomic E-state index is -0.0816. The van der Waals surface area contributed by atoms with E-state index < -0.39 is 0 Å². The molecule has 1 saturated carbocycles. The third-order valence-electron chi connectivity index (χ3n) is 3.03. The highest BCUT2D eigenvalue weighted by atomic mass is 16.1. The van der Waals surface area contributed by atoms with Crippen LogP contribution in [0.3, 0.4) is 0 Å². The maximum absolute atomic E-state index is 11.3. The monoisotopic (exact) mass is 198 g/mol. The van der Waals surface area contributed by atoms with E-state index in [0.717, 1.165) is 24.8 Å². The molecule has 1 nitrogen and oxygen atoms in total. The number of ketones is 1. The summed E-state index contributed by atoms with van der Waals surface area (Å²) < 4.78 is 0. The smallest absolute Gasteiger partial charge is 0.136 e. The van der Waals surface area contributed by atoms with Gasteiger partial charge in [-0.05, 0) is 31.9 Å². The number of carbonyl (C=O) groups excluding carboxylic acids is 1. The summed E-state index contributed by atoms with van der Waals surface area (Å²) in [7, 11) is 0. The Morgan fingerprint density at radius 2 is 2.00 bits per heavy atom. The minimum Gasteiger partial charge on any atom is -0.299 e.